The largest absolute Gasteiger partial charge is 0.228 e. The topological polar surface area (TPSA) is 25.8 Å². The van der Waals surface area contributed by atoms with Crippen molar-refractivity contribution in [3.8, 4) is 67.3 Å². The molecular formula is C50H32N2S. The van der Waals surface area contributed by atoms with Gasteiger partial charge in [-0.1, -0.05) is 152 Å². The van der Waals surface area contributed by atoms with Gasteiger partial charge in [0.2, 0.25) is 0 Å². The Hall–Kier alpha value is -6.68. The van der Waals surface area contributed by atoms with E-state index in [0.29, 0.717) is 5.82 Å². The normalized spacial score (nSPS) is 11.4. The number of hydrogen-bond donors (Lipinski definition) is 0. The van der Waals surface area contributed by atoms with Crippen LogP contribution in [0.15, 0.2) is 194 Å². The van der Waals surface area contributed by atoms with E-state index in [1.165, 1.54) is 53.2 Å². The van der Waals surface area contributed by atoms with Crippen molar-refractivity contribution in [1.29, 1.82) is 0 Å². The van der Waals surface area contributed by atoms with Crippen LogP contribution in [0.3, 0.4) is 0 Å². The number of fused-ring (bicyclic) bond motifs is 4. The molecule has 0 atom stereocenters. The zero-order valence-electron chi connectivity index (χ0n) is 28.8. The monoisotopic (exact) mass is 692 g/mol. The lowest BCUT2D eigenvalue weighted by Crippen LogP contribution is -1.96. The summed E-state index contributed by atoms with van der Waals surface area (Å²) in [5.74, 6) is 0.706. The van der Waals surface area contributed by atoms with Crippen molar-refractivity contribution in [3.63, 3.8) is 0 Å². The SMILES string of the molecule is c1ccc(-c2cc(-c3cc(-c4ccc5sc6ccccc6c5c4)cc(-c4ccc(-c5ccccc5)c5ccccc45)c3)nc(-c3ccccc3)n2)cc1. The Morgan fingerprint density at radius 3 is 1.49 bits per heavy atom. The van der Waals surface area contributed by atoms with Crippen LogP contribution in [0.4, 0.5) is 0 Å². The summed E-state index contributed by atoms with van der Waals surface area (Å²) < 4.78 is 2.60. The highest BCUT2D eigenvalue weighted by Gasteiger charge is 2.16. The standard InChI is InChI=1S/C50H32N2S/c1-4-14-33(15-5-1)40-25-26-41(43-21-11-10-20-42(40)43)38-28-37(36-24-27-49-45(31-36)44-22-12-13-23-48(44)53-49)29-39(30-38)47-32-46(34-16-6-2-7-17-34)51-50(52-47)35-18-8-3-9-19-35/h1-32H. The minimum Gasteiger partial charge on any atom is -0.228 e. The van der Waals surface area contributed by atoms with Crippen LogP contribution in [0, 0.1) is 0 Å². The predicted octanol–water partition coefficient (Wildman–Crippen LogP) is 14.0. The highest BCUT2D eigenvalue weighted by Crippen LogP contribution is 2.41. The summed E-state index contributed by atoms with van der Waals surface area (Å²) in [7, 11) is 0. The zero-order chi connectivity index (χ0) is 35.1. The molecule has 0 amide bonds. The lowest BCUT2D eigenvalue weighted by Gasteiger charge is -2.16. The molecular weight excluding hydrogens is 661 g/mol. The van der Waals surface area contributed by atoms with Crippen LogP contribution < -0.4 is 0 Å². The van der Waals surface area contributed by atoms with Gasteiger partial charge in [-0.3, -0.25) is 0 Å². The van der Waals surface area contributed by atoms with E-state index in [2.05, 4.69) is 170 Å². The molecule has 0 saturated carbocycles. The van der Waals surface area contributed by atoms with E-state index >= 15 is 0 Å². The van der Waals surface area contributed by atoms with Gasteiger partial charge in [0.15, 0.2) is 5.82 Å². The third-order valence-electron chi connectivity index (χ3n) is 10.1. The fourth-order valence-corrected chi connectivity index (χ4v) is 8.58. The van der Waals surface area contributed by atoms with Crippen LogP contribution in [0.5, 0.6) is 0 Å². The molecule has 8 aromatic carbocycles. The first-order valence-corrected chi connectivity index (χ1v) is 18.7. The number of nitrogens with zero attached hydrogens (tertiary/aromatic N) is 2. The first kappa shape index (κ1) is 31.1. The van der Waals surface area contributed by atoms with Gasteiger partial charge < -0.3 is 0 Å². The third kappa shape index (κ3) is 5.78. The van der Waals surface area contributed by atoms with E-state index in [4.69, 9.17) is 9.97 Å². The Bertz CT molecular complexity index is 2870. The Morgan fingerprint density at radius 1 is 0.283 bits per heavy atom. The molecule has 0 N–H and O–H groups in total. The first-order valence-electron chi connectivity index (χ1n) is 17.9. The molecule has 0 fully saturated rings. The second-order valence-corrected chi connectivity index (χ2v) is 14.5. The maximum absolute atomic E-state index is 5.26. The van der Waals surface area contributed by atoms with Crippen molar-refractivity contribution >= 4 is 42.3 Å². The fraction of sp³-hybridized carbons (Fsp3) is 0. The lowest BCUT2D eigenvalue weighted by molar-refractivity contribution is 1.18. The maximum atomic E-state index is 5.26. The molecule has 0 unspecified atom stereocenters. The van der Waals surface area contributed by atoms with Gasteiger partial charge in [-0.25, -0.2) is 9.97 Å². The third-order valence-corrected chi connectivity index (χ3v) is 11.2. The quantitative estimate of drug-likeness (QED) is 0.173. The summed E-state index contributed by atoms with van der Waals surface area (Å²) >= 11 is 1.85. The molecule has 0 radical (unpaired) electrons. The molecule has 248 valence electrons. The molecule has 0 aliphatic heterocycles. The van der Waals surface area contributed by atoms with Gasteiger partial charge in [-0.15, -0.1) is 11.3 Å². The van der Waals surface area contributed by atoms with Gasteiger partial charge in [0.05, 0.1) is 11.4 Å². The van der Waals surface area contributed by atoms with Gasteiger partial charge in [-0.05, 0) is 86.6 Å². The van der Waals surface area contributed by atoms with Crippen molar-refractivity contribution < 1.29 is 0 Å². The van der Waals surface area contributed by atoms with Gasteiger partial charge in [0, 0.05) is 36.9 Å². The molecule has 0 bridgehead atoms. The Kier molecular flexibility index (Phi) is 7.71. The minimum atomic E-state index is 0.706. The number of thiophene rings is 1. The number of aromatic nitrogens is 2. The molecule has 10 aromatic rings. The minimum absolute atomic E-state index is 0.706. The first-order chi connectivity index (χ1) is 26.2. The Labute approximate surface area is 312 Å². The van der Waals surface area contributed by atoms with Gasteiger partial charge in [-0.2, -0.15) is 0 Å². The molecule has 0 aliphatic rings. The number of rotatable bonds is 6. The van der Waals surface area contributed by atoms with Crippen LogP contribution in [0.1, 0.15) is 0 Å². The molecule has 53 heavy (non-hydrogen) atoms. The molecule has 2 heterocycles. The molecule has 2 nitrogen and oxygen atoms in total. The van der Waals surface area contributed by atoms with Crippen molar-refractivity contribution in [1.82, 2.24) is 9.97 Å². The smallest absolute Gasteiger partial charge is 0.160 e. The second-order valence-electron chi connectivity index (χ2n) is 13.4. The highest BCUT2D eigenvalue weighted by atomic mass is 32.1. The van der Waals surface area contributed by atoms with Crippen LogP contribution >= 0.6 is 11.3 Å². The zero-order valence-corrected chi connectivity index (χ0v) is 29.6. The van der Waals surface area contributed by atoms with Crippen LogP contribution in [0.25, 0.3) is 98.2 Å². The molecule has 3 heteroatoms. The molecule has 2 aromatic heterocycles. The van der Waals surface area contributed by atoms with E-state index in [1.54, 1.807) is 0 Å². The van der Waals surface area contributed by atoms with Crippen LogP contribution in [-0.4, -0.2) is 9.97 Å². The van der Waals surface area contributed by atoms with E-state index in [9.17, 15) is 0 Å². The van der Waals surface area contributed by atoms with E-state index in [-0.39, 0.29) is 0 Å². The molecule has 0 spiro atoms. The molecule has 0 aliphatic carbocycles. The summed E-state index contributed by atoms with van der Waals surface area (Å²) in [6.45, 7) is 0. The summed E-state index contributed by atoms with van der Waals surface area (Å²) in [6, 6.07) is 69.3. The van der Waals surface area contributed by atoms with Crippen LogP contribution in [-0.2, 0) is 0 Å². The van der Waals surface area contributed by atoms with E-state index < -0.39 is 0 Å². The fourth-order valence-electron chi connectivity index (χ4n) is 7.49. The maximum Gasteiger partial charge on any atom is 0.160 e. The Morgan fingerprint density at radius 2 is 0.792 bits per heavy atom. The summed E-state index contributed by atoms with van der Waals surface area (Å²) in [5, 5.41) is 5.03. The number of benzene rings is 8. The van der Waals surface area contributed by atoms with Crippen molar-refractivity contribution in [2.24, 2.45) is 0 Å². The average Bonchev–Trinajstić information content (AvgIpc) is 3.62. The van der Waals surface area contributed by atoms with Gasteiger partial charge in [0.25, 0.3) is 0 Å². The van der Waals surface area contributed by atoms with E-state index in [0.717, 1.165) is 39.2 Å². The van der Waals surface area contributed by atoms with Crippen molar-refractivity contribution in [3.05, 3.63) is 194 Å². The summed E-state index contributed by atoms with van der Waals surface area (Å²) in [6.07, 6.45) is 0. The second kappa shape index (κ2) is 13.1. The molecule has 10 rings (SSSR count). The number of hydrogen-bond acceptors (Lipinski definition) is 3. The predicted molar refractivity (Wildman–Crippen MR) is 225 cm³/mol. The molecule has 0 saturated heterocycles. The van der Waals surface area contributed by atoms with Gasteiger partial charge >= 0.3 is 0 Å². The van der Waals surface area contributed by atoms with Crippen molar-refractivity contribution in [2.75, 3.05) is 0 Å². The van der Waals surface area contributed by atoms with Gasteiger partial charge in [0.1, 0.15) is 0 Å². The van der Waals surface area contributed by atoms with Crippen LogP contribution in [0.2, 0.25) is 0 Å². The van der Waals surface area contributed by atoms with Crippen molar-refractivity contribution in [2.45, 2.75) is 0 Å². The highest BCUT2D eigenvalue weighted by molar-refractivity contribution is 7.25. The average molecular weight is 693 g/mol. The summed E-state index contributed by atoms with van der Waals surface area (Å²) in [4.78, 5) is 10.3. The lowest BCUT2D eigenvalue weighted by atomic mass is 9.89. The Balaban J connectivity index is 1.23. The summed E-state index contributed by atoms with van der Waals surface area (Å²) in [5.41, 5.74) is 12.0. The van der Waals surface area contributed by atoms with E-state index in [1.807, 2.05) is 35.6 Å².